The first-order chi connectivity index (χ1) is 13.7. The predicted molar refractivity (Wildman–Crippen MR) is 108 cm³/mol. The van der Waals surface area contributed by atoms with Gasteiger partial charge in [0.25, 0.3) is 0 Å². The molecule has 3 fully saturated rings. The highest BCUT2D eigenvalue weighted by Crippen LogP contribution is 2.67. The maximum absolute atomic E-state index is 12.2. The number of carbonyl (C=O) groups is 3. The molecule has 0 N–H and O–H groups in total. The zero-order chi connectivity index (χ0) is 21.0. The van der Waals surface area contributed by atoms with Crippen molar-refractivity contribution in [1.29, 1.82) is 0 Å². The fourth-order valence-electron chi connectivity index (χ4n) is 7.57. The second-order valence-electron chi connectivity index (χ2n) is 10.3. The Hall–Kier alpha value is -1.65. The maximum atomic E-state index is 12.2. The van der Waals surface area contributed by atoms with Gasteiger partial charge in [0.15, 0.2) is 5.78 Å². The van der Waals surface area contributed by atoms with Crippen LogP contribution in [0.2, 0.25) is 0 Å². The lowest BCUT2D eigenvalue weighted by atomic mass is 9.45. The Bertz CT molecular complexity index is 754. The summed E-state index contributed by atoms with van der Waals surface area (Å²) in [6.45, 7) is 8.01. The molecule has 3 saturated carbocycles. The molecule has 0 saturated heterocycles. The van der Waals surface area contributed by atoms with Crippen LogP contribution in [0.5, 0.6) is 0 Å². The van der Waals surface area contributed by atoms with Crippen LogP contribution in [0.15, 0.2) is 11.6 Å². The summed E-state index contributed by atoms with van der Waals surface area (Å²) in [5, 5.41) is 0. The monoisotopic (exact) mass is 402 g/mol. The Labute approximate surface area is 173 Å². The second kappa shape index (κ2) is 7.24. The van der Waals surface area contributed by atoms with Crippen LogP contribution >= 0.6 is 0 Å². The molecule has 4 aliphatic rings. The first kappa shape index (κ1) is 20.6. The molecule has 4 aliphatic carbocycles. The quantitative estimate of drug-likeness (QED) is 0.661. The van der Waals surface area contributed by atoms with Crippen molar-refractivity contribution in [3.63, 3.8) is 0 Å². The number of hydrogen-bond acceptors (Lipinski definition) is 5. The fraction of sp³-hybridized carbons (Fsp3) is 0.792. The van der Waals surface area contributed by atoms with E-state index in [9.17, 15) is 14.4 Å². The van der Waals surface area contributed by atoms with Gasteiger partial charge >= 0.3 is 11.9 Å². The number of carbonyl (C=O) groups excluding carboxylic acids is 3. The second-order valence-corrected chi connectivity index (χ2v) is 10.3. The predicted octanol–water partition coefficient (Wildman–Crippen LogP) is 4.24. The molecule has 5 heteroatoms. The Morgan fingerprint density at radius 1 is 1.10 bits per heavy atom. The smallest absolute Gasteiger partial charge is 0.302 e. The zero-order valence-corrected chi connectivity index (χ0v) is 18.2. The van der Waals surface area contributed by atoms with Crippen LogP contribution in [0.25, 0.3) is 0 Å². The fourth-order valence-corrected chi connectivity index (χ4v) is 7.57. The largest absolute Gasteiger partial charge is 0.465 e. The van der Waals surface area contributed by atoms with Gasteiger partial charge in [0.2, 0.25) is 0 Å². The van der Waals surface area contributed by atoms with E-state index in [0.717, 1.165) is 38.5 Å². The summed E-state index contributed by atoms with van der Waals surface area (Å²) in [5.74, 6) is 1.69. The van der Waals surface area contributed by atoms with Gasteiger partial charge in [-0.25, -0.2) is 0 Å². The average Bonchev–Trinajstić information content (AvgIpc) is 2.96. The molecule has 29 heavy (non-hydrogen) atoms. The standard InChI is InChI=1S/C24H34O5/c1-14-11-17-12-18(27)7-10-24(17,13-28-15(2)25)20-8-9-23(4)19(22(14)20)5-6-21(23)29-16(3)26/h12,14,19-22H,5-11,13H2,1-4H3/t14?,19?,20?,21-,22?,23-,24+/m0/s1. The van der Waals surface area contributed by atoms with Crippen molar-refractivity contribution >= 4 is 17.7 Å². The van der Waals surface area contributed by atoms with E-state index < -0.39 is 0 Å². The van der Waals surface area contributed by atoms with Crippen LogP contribution in [-0.4, -0.2) is 30.4 Å². The minimum Gasteiger partial charge on any atom is -0.465 e. The van der Waals surface area contributed by atoms with E-state index in [0.29, 0.717) is 36.7 Å². The lowest BCUT2D eigenvalue weighted by Gasteiger charge is -2.60. The normalized spacial score (nSPS) is 43.5. The third-order valence-electron chi connectivity index (χ3n) is 8.79. The lowest BCUT2D eigenvalue weighted by Crippen LogP contribution is -2.56. The first-order valence-corrected chi connectivity index (χ1v) is 11.2. The number of hydrogen-bond donors (Lipinski definition) is 0. The van der Waals surface area contributed by atoms with E-state index in [1.807, 2.05) is 6.08 Å². The summed E-state index contributed by atoms with van der Waals surface area (Å²) >= 11 is 0. The number of ketones is 1. The molecule has 5 nitrogen and oxygen atoms in total. The molecule has 0 aromatic rings. The molecule has 0 aromatic heterocycles. The van der Waals surface area contributed by atoms with Crippen LogP contribution in [0.4, 0.5) is 0 Å². The Kier molecular flexibility index (Phi) is 5.15. The molecule has 7 atom stereocenters. The van der Waals surface area contributed by atoms with Gasteiger partial charge in [-0.05, 0) is 68.3 Å². The Morgan fingerprint density at radius 2 is 1.86 bits per heavy atom. The average molecular weight is 403 g/mol. The molecule has 0 spiro atoms. The number of ether oxygens (including phenoxy) is 2. The number of esters is 2. The molecule has 0 aliphatic heterocycles. The molecule has 0 radical (unpaired) electrons. The molecular weight excluding hydrogens is 368 g/mol. The number of fused-ring (bicyclic) bond motifs is 5. The summed E-state index contributed by atoms with van der Waals surface area (Å²) in [7, 11) is 0. The molecular formula is C24H34O5. The van der Waals surface area contributed by atoms with Crippen molar-refractivity contribution in [2.45, 2.75) is 78.7 Å². The summed E-state index contributed by atoms with van der Waals surface area (Å²) in [5.41, 5.74) is 1.04. The minimum absolute atomic E-state index is 0.00689. The third kappa shape index (κ3) is 3.25. The topological polar surface area (TPSA) is 69.7 Å². The molecule has 4 rings (SSSR count). The summed E-state index contributed by atoms with van der Waals surface area (Å²) in [4.78, 5) is 35.6. The highest BCUT2D eigenvalue weighted by molar-refractivity contribution is 5.91. The molecule has 4 unspecified atom stereocenters. The van der Waals surface area contributed by atoms with E-state index >= 15 is 0 Å². The highest BCUT2D eigenvalue weighted by atomic mass is 16.5. The van der Waals surface area contributed by atoms with Gasteiger partial charge < -0.3 is 9.47 Å². The SMILES string of the molecule is CC(=O)OC[C@]12CCC(=O)C=C1CC(C)C1C2CC[C@@]2(C)C1CC[C@@H]2OC(C)=O. The van der Waals surface area contributed by atoms with Gasteiger partial charge in [-0.3, -0.25) is 14.4 Å². The van der Waals surface area contributed by atoms with Crippen molar-refractivity contribution < 1.29 is 23.9 Å². The van der Waals surface area contributed by atoms with E-state index in [-0.39, 0.29) is 34.7 Å². The Balaban J connectivity index is 1.70. The minimum atomic E-state index is -0.248. The van der Waals surface area contributed by atoms with E-state index in [1.165, 1.54) is 19.4 Å². The van der Waals surface area contributed by atoms with Gasteiger partial charge in [0.1, 0.15) is 12.7 Å². The first-order valence-electron chi connectivity index (χ1n) is 11.2. The molecule has 0 heterocycles. The van der Waals surface area contributed by atoms with Crippen LogP contribution in [0.3, 0.4) is 0 Å². The van der Waals surface area contributed by atoms with Crippen LogP contribution < -0.4 is 0 Å². The van der Waals surface area contributed by atoms with Crippen molar-refractivity contribution in [2.24, 2.45) is 34.5 Å². The van der Waals surface area contributed by atoms with Gasteiger partial charge in [-0.1, -0.05) is 19.4 Å². The van der Waals surface area contributed by atoms with Crippen molar-refractivity contribution in [1.82, 2.24) is 0 Å². The third-order valence-corrected chi connectivity index (χ3v) is 8.79. The molecule has 0 bridgehead atoms. The summed E-state index contributed by atoms with van der Waals surface area (Å²) in [6.07, 6.45) is 8.18. The van der Waals surface area contributed by atoms with E-state index in [2.05, 4.69) is 13.8 Å². The van der Waals surface area contributed by atoms with E-state index in [1.54, 1.807) is 0 Å². The molecule has 0 amide bonds. The zero-order valence-electron chi connectivity index (χ0n) is 18.2. The Morgan fingerprint density at radius 3 is 2.55 bits per heavy atom. The van der Waals surface area contributed by atoms with Crippen LogP contribution in [0, 0.1) is 34.5 Å². The summed E-state index contributed by atoms with van der Waals surface area (Å²) < 4.78 is 11.4. The van der Waals surface area contributed by atoms with Gasteiger partial charge in [0.05, 0.1) is 0 Å². The molecule has 160 valence electrons. The van der Waals surface area contributed by atoms with Crippen molar-refractivity contribution in [3.05, 3.63) is 11.6 Å². The van der Waals surface area contributed by atoms with Crippen molar-refractivity contribution in [3.8, 4) is 0 Å². The number of rotatable bonds is 3. The summed E-state index contributed by atoms with van der Waals surface area (Å²) in [6, 6.07) is 0. The van der Waals surface area contributed by atoms with Gasteiger partial charge in [0, 0.05) is 31.1 Å². The van der Waals surface area contributed by atoms with Crippen LogP contribution in [-0.2, 0) is 23.9 Å². The maximum Gasteiger partial charge on any atom is 0.302 e. The highest BCUT2D eigenvalue weighted by Gasteiger charge is 2.62. The van der Waals surface area contributed by atoms with E-state index in [4.69, 9.17) is 9.47 Å². The van der Waals surface area contributed by atoms with Crippen molar-refractivity contribution in [2.75, 3.05) is 6.61 Å². The van der Waals surface area contributed by atoms with Gasteiger partial charge in [-0.15, -0.1) is 0 Å². The lowest BCUT2D eigenvalue weighted by molar-refractivity contribution is -0.162. The molecule has 0 aromatic carbocycles. The van der Waals surface area contributed by atoms with Crippen LogP contribution in [0.1, 0.15) is 72.6 Å². The van der Waals surface area contributed by atoms with Gasteiger partial charge in [-0.2, -0.15) is 0 Å².